The van der Waals surface area contributed by atoms with Gasteiger partial charge in [0.15, 0.2) is 0 Å². The Labute approximate surface area is 126 Å². The normalized spacial score (nSPS) is 18.9. The summed E-state index contributed by atoms with van der Waals surface area (Å²) in [5, 5.41) is 7.88. The first-order valence-electron chi connectivity index (χ1n) is 7.31. The maximum Gasteiger partial charge on any atom is 0.241 e. The molecule has 0 atom stereocenters. The lowest BCUT2D eigenvalue weighted by atomic mass is 9.90. The van der Waals surface area contributed by atoms with Gasteiger partial charge in [-0.15, -0.1) is 0 Å². The van der Waals surface area contributed by atoms with Crippen molar-refractivity contribution in [1.82, 2.24) is 4.72 Å². The zero-order valence-electron chi connectivity index (χ0n) is 12.4. The molecule has 0 aliphatic heterocycles. The maximum atomic E-state index is 12.7. The van der Waals surface area contributed by atoms with Crippen LogP contribution in [-0.4, -0.2) is 19.8 Å². The van der Waals surface area contributed by atoms with Crippen molar-refractivity contribution < 1.29 is 8.42 Å². The molecule has 1 aromatic rings. The van der Waals surface area contributed by atoms with Gasteiger partial charge < -0.3 is 5.73 Å². The predicted octanol–water partition coefficient (Wildman–Crippen LogP) is 2.30. The van der Waals surface area contributed by atoms with Crippen LogP contribution in [0.3, 0.4) is 0 Å². The molecule has 2 rings (SSSR count). The van der Waals surface area contributed by atoms with E-state index in [-0.39, 0.29) is 10.7 Å². The Kier molecular flexibility index (Phi) is 4.68. The van der Waals surface area contributed by atoms with Crippen LogP contribution in [0.25, 0.3) is 0 Å². The molecule has 1 fully saturated rings. The molecule has 1 aliphatic carbocycles. The van der Waals surface area contributed by atoms with E-state index in [4.69, 9.17) is 11.1 Å². The number of nitrogens with one attached hydrogen (secondary N) is 2. The highest BCUT2D eigenvalue weighted by Gasteiger charge is 2.38. The zero-order valence-corrected chi connectivity index (χ0v) is 13.2. The van der Waals surface area contributed by atoms with Gasteiger partial charge in [-0.05, 0) is 31.4 Å². The number of nitrogens with two attached hydrogens (primary N) is 1. The van der Waals surface area contributed by atoms with Gasteiger partial charge in [0.1, 0.15) is 5.84 Å². The van der Waals surface area contributed by atoms with Crippen molar-refractivity contribution in [3.63, 3.8) is 0 Å². The number of sulfonamides is 1. The van der Waals surface area contributed by atoms with E-state index in [1.165, 1.54) is 0 Å². The molecule has 6 heteroatoms. The van der Waals surface area contributed by atoms with Crippen LogP contribution in [0.2, 0.25) is 0 Å². The second-order valence-electron chi connectivity index (χ2n) is 5.78. The monoisotopic (exact) mass is 309 g/mol. The predicted molar refractivity (Wildman–Crippen MR) is 83.8 cm³/mol. The molecule has 0 spiro atoms. The number of aryl methyl sites for hydroxylation is 1. The molecular formula is C15H23N3O2S. The van der Waals surface area contributed by atoms with Crippen molar-refractivity contribution in [1.29, 1.82) is 5.41 Å². The number of hydrogen-bond donors (Lipinski definition) is 3. The third-order valence-corrected chi connectivity index (χ3v) is 5.88. The smallest absolute Gasteiger partial charge is 0.241 e. The number of benzene rings is 1. The van der Waals surface area contributed by atoms with Crippen LogP contribution < -0.4 is 10.5 Å². The van der Waals surface area contributed by atoms with Gasteiger partial charge in [0.05, 0.1) is 10.4 Å². The van der Waals surface area contributed by atoms with E-state index >= 15 is 0 Å². The minimum atomic E-state index is -3.68. The van der Waals surface area contributed by atoms with Crippen molar-refractivity contribution in [2.45, 2.75) is 55.9 Å². The lowest BCUT2D eigenvalue weighted by Crippen LogP contribution is -2.56. The minimum Gasteiger partial charge on any atom is -0.386 e. The molecule has 4 N–H and O–H groups in total. The van der Waals surface area contributed by atoms with Crippen LogP contribution in [0, 0.1) is 12.3 Å². The first-order chi connectivity index (χ1) is 9.87. The van der Waals surface area contributed by atoms with Gasteiger partial charge in [-0.2, -0.15) is 4.72 Å². The van der Waals surface area contributed by atoms with Crippen molar-refractivity contribution >= 4 is 15.9 Å². The topological polar surface area (TPSA) is 96.0 Å². The molecule has 0 saturated heterocycles. The second kappa shape index (κ2) is 6.15. The standard InChI is InChI=1S/C15H23N3O2S/c1-12-8-4-5-9-13(12)21(19,20)18-15(14(16)17)10-6-2-3-7-11-15/h4-5,8-9,18H,2-3,6-7,10-11H2,1H3,(H3,16,17). The Bertz CT molecular complexity index is 618. The second-order valence-corrected chi connectivity index (χ2v) is 7.43. The molecule has 0 amide bonds. The summed E-state index contributed by atoms with van der Waals surface area (Å²) < 4.78 is 28.1. The molecule has 21 heavy (non-hydrogen) atoms. The van der Waals surface area contributed by atoms with Gasteiger partial charge in [-0.1, -0.05) is 43.9 Å². The van der Waals surface area contributed by atoms with Crippen LogP contribution in [0.15, 0.2) is 29.2 Å². The van der Waals surface area contributed by atoms with Crippen molar-refractivity contribution in [2.24, 2.45) is 5.73 Å². The summed E-state index contributed by atoms with van der Waals surface area (Å²) in [6, 6.07) is 6.86. The van der Waals surface area contributed by atoms with E-state index < -0.39 is 15.6 Å². The number of amidine groups is 1. The van der Waals surface area contributed by atoms with Crippen LogP contribution in [0.4, 0.5) is 0 Å². The van der Waals surface area contributed by atoms with Gasteiger partial charge in [-0.3, -0.25) is 5.41 Å². The highest BCUT2D eigenvalue weighted by molar-refractivity contribution is 7.89. The molecule has 0 radical (unpaired) electrons. The van der Waals surface area contributed by atoms with Crippen molar-refractivity contribution in [2.75, 3.05) is 0 Å². The molecule has 0 aromatic heterocycles. The zero-order chi connectivity index (χ0) is 15.5. The Hall–Kier alpha value is -1.40. The Morgan fingerprint density at radius 2 is 1.76 bits per heavy atom. The summed E-state index contributed by atoms with van der Waals surface area (Å²) in [6.07, 6.45) is 5.06. The van der Waals surface area contributed by atoms with Gasteiger partial charge in [-0.25, -0.2) is 8.42 Å². The molecule has 5 nitrogen and oxygen atoms in total. The molecule has 1 saturated carbocycles. The average Bonchev–Trinajstić information content (AvgIpc) is 2.65. The summed E-state index contributed by atoms with van der Waals surface area (Å²) in [6.45, 7) is 1.77. The lowest BCUT2D eigenvalue weighted by molar-refractivity contribution is 0.434. The SMILES string of the molecule is Cc1ccccc1S(=O)(=O)NC1(C(=N)N)CCCCCC1. The third-order valence-electron chi connectivity index (χ3n) is 4.19. The van der Waals surface area contributed by atoms with Crippen LogP contribution in [0.5, 0.6) is 0 Å². The van der Waals surface area contributed by atoms with Gasteiger partial charge in [0, 0.05) is 0 Å². The lowest BCUT2D eigenvalue weighted by Gasteiger charge is -2.32. The molecule has 0 heterocycles. The summed E-state index contributed by atoms with van der Waals surface area (Å²) in [4.78, 5) is 0.259. The molecule has 1 aliphatic rings. The van der Waals surface area contributed by atoms with E-state index in [1.807, 2.05) is 0 Å². The highest BCUT2D eigenvalue weighted by atomic mass is 32.2. The summed E-state index contributed by atoms with van der Waals surface area (Å²) in [5.41, 5.74) is 5.51. The van der Waals surface area contributed by atoms with Crippen LogP contribution >= 0.6 is 0 Å². The molecule has 116 valence electrons. The van der Waals surface area contributed by atoms with Gasteiger partial charge >= 0.3 is 0 Å². The fraction of sp³-hybridized carbons (Fsp3) is 0.533. The summed E-state index contributed by atoms with van der Waals surface area (Å²) in [7, 11) is -3.68. The Balaban J connectivity index is 2.36. The minimum absolute atomic E-state index is 0.0819. The summed E-state index contributed by atoms with van der Waals surface area (Å²) in [5.74, 6) is -0.0819. The summed E-state index contributed by atoms with van der Waals surface area (Å²) >= 11 is 0. The fourth-order valence-corrected chi connectivity index (χ4v) is 4.62. The maximum absolute atomic E-state index is 12.7. The molecular weight excluding hydrogens is 286 g/mol. The van der Waals surface area contributed by atoms with E-state index in [0.29, 0.717) is 18.4 Å². The number of rotatable bonds is 4. The van der Waals surface area contributed by atoms with Crippen molar-refractivity contribution in [3.8, 4) is 0 Å². The van der Waals surface area contributed by atoms with E-state index in [0.717, 1.165) is 25.7 Å². The van der Waals surface area contributed by atoms with Gasteiger partial charge in [0.25, 0.3) is 0 Å². The third kappa shape index (κ3) is 3.44. The van der Waals surface area contributed by atoms with Gasteiger partial charge in [0.2, 0.25) is 10.0 Å². The molecule has 0 unspecified atom stereocenters. The first kappa shape index (κ1) is 16.0. The van der Waals surface area contributed by atoms with E-state index in [9.17, 15) is 8.42 Å². The highest BCUT2D eigenvalue weighted by Crippen LogP contribution is 2.29. The largest absolute Gasteiger partial charge is 0.386 e. The van der Waals surface area contributed by atoms with Crippen LogP contribution in [-0.2, 0) is 10.0 Å². The van der Waals surface area contributed by atoms with E-state index in [2.05, 4.69) is 4.72 Å². The van der Waals surface area contributed by atoms with Crippen LogP contribution in [0.1, 0.15) is 44.1 Å². The molecule has 0 bridgehead atoms. The molecule has 1 aromatic carbocycles. The quantitative estimate of drug-likeness (QED) is 0.452. The first-order valence-corrected chi connectivity index (χ1v) is 8.80. The Morgan fingerprint density at radius 1 is 1.19 bits per heavy atom. The number of hydrogen-bond acceptors (Lipinski definition) is 3. The average molecular weight is 309 g/mol. The van der Waals surface area contributed by atoms with Crippen molar-refractivity contribution in [3.05, 3.63) is 29.8 Å². The van der Waals surface area contributed by atoms with E-state index in [1.54, 1.807) is 31.2 Å². The Morgan fingerprint density at radius 3 is 2.29 bits per heavy atom. The fourth-order valence-electron chi connectivity index (χ4n) is 2.93.